The van der Waals surface area contributed by atoms with E-state index in [-0.39, 0.29) is 6.04 Å². The number of rotatable bonds is 10. The molecule has 4 heteroatoms. The molecule has 2 atom stereocenters. The van der Waals surface area contributed by atoms with E-state index in [2.05, 4.69) is 31.1 Å². The van der Waals surface area contributed by atoms with E-state index in [1.807, 2.05) is 6.92 Å². The van der Waals surface area contributed by atoms with E-state index in [9.17, 15) is 9.90 Å². The minimum absolute atomic E-state index is 0.266. The van der Waals surface area contributed by atoms with Gasteiger partial charge in [0.2, 0.25) is 0 Å². The minimum atomic E-state index is -0.824. The molecule has 18 heavy (non-hydrogen) atoms. The summed E-state index contributed by atoms with van der Waals surface area (Å²) in [4.78, 5) is 13.7. The first kappa shape index (κ1) is 17.4. The Bertz CT molecular complexity index is 246. The van der Waals surface area contributed by atoms with E-state index < -0.39 is 11.5 Å². The largest absolute Gasteiger partial charge is 0.480 e. The van der Waals surface area contributed by atoms with E-state index >= 15 is 0 Å². The maximum Gasteiger partial charge on any atom is 0.323 e. The fourth-order valence-electron chi connectivity index (χ4n) is 2.01. The van der Waals surface area contributed by atoms with Gasteiger partial charge in [0, 0.05) is 6.04 Å². The van der Waals surface area contributed by atoms with E-state index in [0.29, 0.717) is 6.42 Å². The monoisotopic (exact) mass is 258 g/mol. The molecule has 0 rings (SSSR count). The second-order valence-corrected chi connectivity index (χ2v) is 5.45. The molecule has 0 fully saturated rings. The third-order valence-corrected chi connectivity index (χ3v) is 3.56. The summed E-state index contributed by atoms with van der Waals surface area (Å²) < 4.78 is 0. The van der Waals surface area contributed by atoms with Crippen molar-refractivity contribution in [1.82, 2.24) is 10.2 Å². The van der Waals surface area contributed by atoms with Crippen LogP contribution in [-0.4, -0.2) is 47.7 Å². The average molecular weight is 258 g/mol. The Kier molecular flexibility index (Phi) is 8.20. The van der Waals surface area contributed by atoms with Crippen molar-refractivity contribution in [2.75, 3.05) is 20.1 Å². The lowest BCUT2D eigenvalue weighted by atomic mass is 9.92. The third-order valence-electron chi connectivity index (χ3n) is 3.56. The molecule has 2 unspecified atom stereocenters. The van der Waals surface area contributed by atoms with Gasteiger partial charge in [0.25, 0.3) is 0 Å². The summed E-state index contributed by atoms with van der Waals surface area (Å²) in [5.41, 5.74) is -0.824. The molecule has 4 nitrogen and oxygen atoms in total. The molecule has 0 spiro atoms. The summed E-state index contributed by atoms with van der Waals surface area (Å²) in [7, 11) is 2.07. The van der Waals surface area contributed by atoms with Crippen LogP contribution in [0, 0.1) is 0 Å². The zero-order valence-corrected chi connectivity index (χ0v) is 12.6. The average Bonchev–Trinajstić information content (AvgIpc) is 2.33. The molecule has 0 aromatic rings. The van der Waals surface area contributed by atoms with Crippen LogP contribution in [0.1, 0.15) is 53.4 Å². The van der Waals surface area contributed by atoms with Crippen LogP contribution in [0.2, 0.25) is 0 Å². The standard InChI is InChI=1S/C14H30N2O2/c1-6-8-10-16(5)12(3)11-14(4,13(17)18)15-9-7-2/h12,15H,6-11H2,1-5H3,(H,17,18). The normalized spacial score (nSPS) is 16.6. The lowest BCUT2D eigenvalue weighted by Gasteiger charge is -2.33. The number of hydrogen-bond acceptors (Lipinski definition) is 3. The van der Waals surface area contributed by atoms with Gasteiger partial charge in [-0.15, -0.1) is 0 Å². The molecule has 0 aliphatic heterocycles. The molecule has 0 saturated carbocycles. The van der Waals surface area contributed by atoms with Gasteiger partial charge in [0.1, 0.15) is 5.54 Å². The first-order chi connectivity index (χ1) is 8.37. The zero-order valence-electron chi connectivity index (χ0n) is 12.6. The number of nitrogens with one attached hydrogen (secondary N) is 1. The fraction of sp³-hybridized carbons (Fsp3) is 0.929. The summed E-state index contributed by atoms with van der Waals surface area (Å²) >= 11 is 0. The predicted molar refractivity (Wildman–Crippen MR) is 76.0 cm³/mol. The third kappa shape index (κ3) is 5.83. The van der Waals surface area contributed by atoms with Crippen molar-refractivity contribution >= 4 is 5.97 Å². The second-order valence-electron chi connectivity index (χ2n) is 5.45. The highest BCUT2D eigenvalue weighted by molar-refractivity contribution is 5.78. The molecule has 0 aliphatic carbocycles. The first-order valence-corrected chi connectivity index (χ1v) is 7.06. The van der Waals surface area contributed by atoms with Crippen LogP contribution in [0.25, 0.3) is 0 Å². The van der Waals surface area contributed by atoms with Crippen molar-refractivity contribution in [2.45, 2.75) is 65.0 Å². The zero-order chi connectivity index (χ0) is 14.2. The number of carboxylic acids is 1. The van der Waals surface area contributed by atoms with Gasteiger partial charge in [0.05, 0.1) is 0 Å². The Hall–Kier alpha value is -0.610. The Labute approximate surface area is 112 Å². The van der Waals surface area contributed by atoms with E-state index in [4.69, 9.17) is 0 Å². The molecule has 0 saturated heterocycles. The van der Waals surface area contributed by atoms with Crippen molar-refractivity contribution in [1.29, 1.82) is 0 Å². The number of nitrogens with zero attached hydrogens (tertiary/aromatic N) is 1. The molecule has 0 heterocycles. The van der Waals surface area contributed by atoms with E-state index in [0.717, 1.165) is 25.9 Å². The highest BCUT2D eigenvalue weighted by atomic mass is 16.4. The summed E-state index contributed by atoms with van der Waals surface area (Å²) in [6.45, 7) is 9.88. The molecule has 0 bridgehead atoms. The van der Waals surface area contributed by atoms with Crippen molar-refractivity contribution in [2.24, 2.45) is 0 Å². The predicted octanol–water partition coefficient (Wildman–Crippen LogP) is 2.34. The summed E-state index contributed by atoms with van der Waals surface area (Å²) in [5.74, 6) is -0.758. The van der Waals surface area contributed by atoms with Crippen LogP contribution < -0.4 is 5.32 Å². The maximum atomic E-state index is 11.4. The second kappa shape index (κ2) is 8.48. The number of unbranched alkanes of at least 4 members (excludes halogenated alkanes) is 1. The first-order valence-electron chi connectivity index (χ1n) is 7.06. The minimum Gasteiger partial charge on any atom is -0.480 e. The Balaban J connectivity index is 4.43. The lowest BCUT2D eigenvalue weighted by Crippen LogP contribution is -2.53. The van der Waals surface area contributed by atoms with Crippen LogP contribution in [-0.2, 0) is 4.79 Å². The SMILES string of the molecule is CCCCN(C)C(C)CC(C)(NCCC)C(=O)O. The molecule has 0 radical (unpaired) electrons. The topological polar surface area (TPSA) is 52.6 Å². The van der Waals surface area contributed by atoms with Crippen LogP contribution in [0.15, 0.2) is 0 Å². The quantitative estimate of drug-likeness (QED) is 0.631. The van der Waals surface area contributed by atoms with E-state index in [1.54, 1.807) is 6.92 Å². The van der Waals surface area contributed by atoms with Gasteiger partial charge < -0.3 is 15.3 Å². The van der Waals surface area contributed by atoms with Gasteiger partial charge in [-0.05, 0) is 53.2 Å². The smallest absolute Gasteiger partial charge is 0.323 e. The molecule has 0 aromatic carbocycles. The van der Waals surface area contributed by atoms with Crippen molar-refractivity contribution in [3.8, 4) is 0 Å². The van der Waals surface area contributed by atoms with Crippen LogP contribution in [0.4, 0.5) is 0 Å². The summed E-state index contributed by atoms with van der Waals surface area (Å²) in [6, 6.07) is 0.266. The summed E-state index contributed by atoms with van der Waals surface area (Å²) in [6.07, 6.45) is 3.90. The highest BCUT2D eigenvalue weighted by Crippen LogP contribution is 2.16. The molecule has 0 aliphatic rings. The maximum absolute atomic E-state index is 11.4. The van der Waals surface area contributed by atoms with Crippen LogP contribution >= 0.6 is 0 Å². The van der Waals surface area contributed by atoms with Gasteiger partial charge in [0.15, 0.2) is 0 Å². The fourth-order valence-corrected chi connectivity index (χ4v) is 2.01. The van der Waals surface area contributed by atoms with Crippen molar-refractivity contribution in [3.05, 3.63) is 0 Å². The molecule has 2 N–H and O–H groups in total. The van der Waals surface area contributed by atoms with Gasteiger partial charge >= 0.3 is 5.97 Å². The molecule has 0 amide bonds. The van der Waals surface area contributed by atoms with Gasteiger partial charge in [-0.25, -0.2) is 0 Å². The lowest BCUT2D eigenvalue weighted by molar-refractivity contribution is -0.145. The van der Waals surface area contributed by atoms with Crippen molar-refractivity contribution < 1.29 is 9.90 Å². The van der Waals surface area contributed by atoms with Gasteiger partial charge in [-0.1, -0.05) is 20.3 Å². The van der Waals surface area contributed by atoms with Crippen LogP contribution in [0.5, 0.6) is 0 Å². The Morgan fingerprint density at radius 2 is 2.00 bits per heavy atom. The van der Waals surface area contributed by atoms with E-state index in [1.165, 1.54) is 6.42 Å². The van der Waals surface area contributed by atoms with Gasteiger partial charge in [-0.2, -0.15) is 0 Å². The van der Waals surface area contributed by atoms with Crippen LogP contribution in [0.3, 0.4) is 0 Å². The summed E-state index contributed by atoms with van der Waals surface area (Å²) in [5, 5.41) is 12.5. The molecule has 0 aromatic heterocycles. The Morgan fingerprint density at radius 1 is 1.39 bits per heavy atom. The number of aliphatic carboxylic acids is 1. The van der Waals surface area contributed by atoms with Gasteiger partial charge in [-0.3, -0.25) is 4.79 Å². The number of carboxylic acid groups (broad SMARTS) is 1. The molecular formula is C14H30N2O2. The Morgan fingerprint density at radius 3 is 2.44 bits per heavy atom. The molecular weight excluding hydrogens is 228 g/mol. The highest BCUT2D eigenvalue weighted by Gasteiger charge is 2.34. The number of carbonyl (C=O) groups is 1. The number of hydrogen-bond donors (Lipinski definition) is 2. The van der Waals surface area contributed by atoms with Crippen molar-refractivity contribution in [3.63, 3.8) is 0 Å². The molecule has 108 valence electrons.